The summed E-state index contributed by atoms with van der Waals surface area (Å²) < 4.78 is 23.0. The van der Waals surface area contributed by atoms with Crippen LogP contribution >= 0.6 is 0 Å². The molecule has 0 saturated heterocycles. The summed E-state index contributed by atoms with van der Waals surface area (Å²) in [7, 11) is 0. The molecule has 0 fully saturated rings. The Kier molecular flexibility index (Phi) is 1.99. The van der Waals surface area contributed by atoms with Crippen molar-refractivity contribution in [2.24, 2.45) is 0 Å². The van der Waals surface area contributed by atoms with Gasteiger partial charge in [-0.3, -0.25) is 4.79 Å². The van der Waals surface area contributed by atoms with E-state index in [0.29, 0.717) is 5.56 Å². The van der Waals surface area contributed by atoms with Crippen molar-refractivity contribution in [1.29, 1.82) is 0 Å². The predicted molar refractivity (Wildman–Crippen MR) is 43.9 cm³/mol. The van der Waals surface area contributed by atoms with Crippen LogP contribution < -0.4 is 9.47 Å². The molecular weight excluding hydrogens is 191 g/mol. The van der Waals surface area contributed by atoms with Crippen LogP contribution in [0.4, 0.5) is 4.39 Å². The lowest BCUT2D eigenvalue weighted by Gasteiger charge is -2.01. The Bertz CT molecular complexity index is 389. The van der Waals surface area contributed by atoms with E-state index >= 15 is 0 Å². The summed E-state index contributed by atoms with van der Waals surface area (Å²) >= 11 is 0. The topological polar surface area (TPSA) is 55.8 Å². The van der Waals surface area contributed by atoms with Gasteiger partial charge in [-0.1, -0.05) is 0 Å². The lowest BCUT2D eigenvalue weighted by atomic mass is 10.1. The van der Waals surface area contributed by atoms with Crippen LogP contribution in [0.5, 0.6) is 11.5 Å². The average molecular weight is 198 g/mol. The maximum absolute atomic E-state index is 13.2. The molecule has 1 heterocycles. The van der Waals surface area contributed by atoms with Crippen molar-refractivity contribution in [2.45, 2.75) is 6.42 Å². The van der Waals surface area contributed by atoms with Crippen LogP contribution in [0.25, 0.3) is 0 Å². The first-order valence-corrected chi connectivity index (χ1v) is 3.96. The summed E-state index contributed by atoms with van der Waals surface area (Å²) in [4.78, 5) is 10.4. The highest BCUT2D eigenvalue weighted by atomic mass is 19.1. The fraction of sp³-hybridized carbons (Fsp3) is 0.222. The monoisotopic (exact) mass is 198 g/mol. The largest absolute Gasteiger partial charge is 0.481 e. The molecule has 0 radical (unpaired) electrons. The number of benzene rings is 1. The van der Waals surface area contributed by atoms with Gasteiger partial charge in [-0.05, 0) is 17.7 Å². The summed E-state index contributed by atoms with van der Waals surface area (Å²) in [6, 6.07) is 2.61. The van der Waals surface area contributed by atoms with Crippen molar-refractivity contribution in [3.05, 3.63) is 23.5 Å². The normalized spacial score (nSPS) is 12.9. The Labute approximate surface area is 78.9 Å². The second-order valence-corrected chi connectivity index (χ2v) is 2.88. The van der Waals surface area contributed by atoms with Crippen LogP contribution in [0.1, 0.15) is 5.56 Å². The maximum atomic E-state index is 13.2. The Balaban J connectivity index is 2.36. The highest BCUT2D eigenvalue weighted by Crippen LogP contribution is 2.35. The molecule has 0 atom stereocenters. The molecule has 0 unspecified atom stereocenters. The van der Waals surface area contributed by atoms with Crippen LogP contribution in [0.15, 0.2) is 12.1 Å². The molecule has 0 aromatic heterocycles. The number of fused-ring (bicyclic) bond motifs is 1. The van der Waals surface area contributed by atoms with Crippen molar-refractivity contribution >= 4 is 5.97 Å². The van der Waals surface area contributed by atoms with Gasteiger partial charge in [-0.25, -0.2) is 4.39 Å². The Morgan fingerprint density at radius 3 is 3.00 bits per heavy atom. The van der Waals surface area contributed by atoms with Crippen molar-refractivity contribution in [2.75, 3.05) is 6.79 Å². The van der Waals surface area contributed by atoms with E-state index in [1.165, 1.54) is 6.07 Å². The molecule has 1 aliphatic rings. The first-order valence-electron chi connectivity index (χ1n) is 3.96. The van der Waals surface area contributed by atoms with Crippen LogP contribution in [0.2, 0.25) is 0 Å². The van der Waals surface area contributed by atoms with Crippen molar-refractivity contribution in [3.63, 3.8) is 0 Å². The van der Waals surface area contributed by atoms with Crippen LogP contribution in [0, 0.1) is 5.82 Å². The number of aliphatic carboxylic acids is 1. The van der Waals surface area contributed by atoms with Crippen molar-refractivity contribution < 1.29 is 23.8 Å². The third-order valence-corrected chi connectivity index (χ3v) is 1.84. The van der Waals surface area contributed by atoms with Gasteiger partial charge in [0.2, 0.25) is 12.5 Å². The molecule has 0 amide bonds. The fourth-order valence-corrected chi connectivity index (χ4v) is 1.30. The molecule has 0 aliphatic carbocycles. The Morgan fingerprint density at radius 2 is 2.29 bits per heavy atom. The van der Waals surface area contributed by atoms with E-state index < -0.39 is 11.8 Å². The third kappa shape index (κ3) is 1.48. The molecule has 0 spiro atoms. The number of rotatable bonds is 2. The lowest BCUT2D eigenvalue weighted by Crippen LogP contribution is -2.00. The number of halogens is 1. The number of hydrogen-bond acceptors (Lipinski definition) is 3. The van der Waals surface area contributed by atoms with Crippen LogP contribution in [-0.2, 0) is 11.2 Å². The van der Waals surface area contributed by atoms with Gasteiger partial charge >= 0.3 is 5.97 Å². The standard InChI is InChI=1S/C9H7FO4/c10-6-1-5(3-8(11)12)2-7-9(6)14-4-13-7/h1-2H,3-4H2,(H,11,12). The summed E-state index contributed by atoms with van der Waals surface area (Å²) in [6.07, 6.45) is -0.229. The highest BCUT2D eigenvalue weighted by Gasteiger charge is 2.19. The molecule has 2 rings (SSSR count). The van der Waals surface area contributed by atoms with E-state index in [1.54, 1.807) is 0 Å². The molecular formula is C9H7FO4. The molecule has 1 aromatic carbocycles. The van der Waals surface area contributed by atoms with E-state index in [0.717, 1.165) is 6.07 Å². The number of carbonyl (C=O) groups is 1. The number of carboxylic acids is 1. The van der Waals surface area contributed by atoms with Gasteiger partial charge in [0.25, 0.3) is 0 Å². The van der Waals surface area contributed by atoms with E-state index in [4.69, 9.17) is 14.6 Å². The molecule has 1 aromatic rings. The van der Waals surface area contributed by atoms with E-state index in [9.17, 15) is 9.18 Å². The minimum atomic E-state index is -1.01. The Morgan fingerprint density at radius 1 is 1.50 bits per heavy atom. The average Bonchev–Trinajstić information content (AvgIpc) is 2.50. The first-order chi connectivity index (χ1) is 6.66. The van der Waals surface area contributed by atoms with Gasteiger partial charge in [0.05, 0.1) is 6.42 Å². The summed E-state index contributed by atoms with van der Waals surface area (Å²) in [5.74, 6) is -1.28. The molecule has 74 valence electrons. The van der Waals surface area contributed by atoms with E-state index in [-0.39, 0.29) is 24.7 Å². The Hall–Kier alpha value is -1.78. The summed E-state index contributed by atoms with van der Waals surface area (Å²) in [5, 5.41) is 8.51. The molecule has 1 aliphatic heterocycles. The van der Waals surface area contributed by atoms with E-state index in [2.05, 4.69) is 0 Å². The molecule has 14 heavy (non-hydrogen) atoms. The summed E-state index contributed by atoms with van der Waals surface area (Å²) in [5.41, 5.74) is 0.360. The molecule has 1 N–H and O–H groups in total. The van der Waals surface area contributed by atoms with Gasteiger partial charge in [0.15, 0.2) is 11.6 Å². The second-order valence-electron chi connectivity index (χ2n) is 2.88. The van der Waals surface area contributed by atoms with Crippen molar-refractivity contribution in [1.82, 2.24) is 0 Å². The SMILES string of the molecule is O=C(O)Cc1cc(F)c2c(c1)OCO2. The minimum absolute atomic E-state index is 0.0250. The third-order valence-electron chi connectivity index (χ3n) is 1.84. The zero-order chi connectivity index (χ0) is 10.1. The highest BCUT2D eigenvalue weighted by molar-refractivity contribution is 5.70. The zero-order valence-corrected chi connectivity index (χ0v) is 7.12. The predicted octanol–water partition coefficient (Wildman–Crippen LogP) is 1.18. The molecule has 0 bridgehead atoms. The van der Waals surface area contributed by atoms with Gasteiger partial charge in [-0.2, -0.15) is 0 Å². The zero-order valence-electron chi connectivity index (χ0n) is 7.12. The van der Waals surface area contributed by atoms with E-state index in [1.807, 2.05) is 0 Å². The summed E-state index contributed by atoms with van der Waals surface area (Å²) in [6.45, 7) is -0.0250. The number of ether oxygens (including phenoxy) is 2. The minimum Gasteiger partial charge on any atom is -0.481 e. The smallest absolute Gasteiger partial charge is 0.307 e. The van der Waals surface area contributed by atoms with Gasteiger partial charge in [0.1, 0.15) is 0 Å². The quantitative estimate of drug-likeness (QED) is 0.775. The number of carboxylic acid groups (broad SMARTS) is 1. The molecule has 5 heteroatoms. The molecule has 4 nitrogen and oxygen atoms in total. The lowest BCUT2D eigenvalue weighted by molar-refractivity contribution is -0.136. The van der Waals surface area contributed by atoms with Crippen LogP contribution in [-0.4, -0.2) is 17.9 Å². The van der Waals surface area contributed by atoms with Gasteiger partial charge < -0.3 is 14.6 Å². The number of hydrogen-bond donors (Lipinski definition) is 1. The first kappa shape index (κ1) is 8.80. The molecule has 0 saturated carbocycles. The second kappa shape index (κ2) is 3.17. The fourth-order valence-electron chi connectivity index (χ4n) is 1.30. The van der Waals surface area contributed by atoms with Gasteiger partial charge in [-0.15, -0.1) is 0 Å². The maximum Gasteiger partial charge on any atom is 0.307 e. The van der Waals surface area contributed by atoms with Gasteiger partial charge in [0, 0.05) is 0 Å². The van der Waals surface area contributed by atoms with Crippen LogP contribution in [0.3, 0.4) is 0 Å². The van der Waals surface area contributed by atoms with Crippen molar-refractivity contribution in [3.8, 4) is 11.5 Å².